The fourth-order valence-corrected chi connectivity index (χ4v) is 8.87. The molecule has 1 N–H and O–H groups in total. The SMILES string of the molecule is C[C@H](CCC(=O)OCC(=O)NS(=O)(=O)C(F)(F)F)[C@H]1CC[C@H]2[C@@H]3C(=O)C[C@@H]4CC(=O)CC[C@]4(C)[C@H]3CC(=O)[C@]12C. The number of fused-ring (bicyclic) bond motifs is 5. The van der Waals surface area contributed by atoms with Gasteiger partial charge in [0.2, 0.25) is 0 Å². The van der Waals surface area contributed by atoms with Crippen molar-refractivity contribution in [3.05, 3.63) is 0 Å². The van der Waals surface area contributed by atoms with E-state index in [-0.39, 0.29) is 71.1 Å². The average molecular weight is 592 g/mol. The molecule has 0 spiro atoms. The maximum atomic E-state index is 13.8. The van der Waals surface area contributed by atoms with Crippen molar-refractivity contribution in [1.82, 2.24) is 4.72 Å². The van der Waals surface area contributed by atoms with Crippen molar-refractivity contribution in [3.8, 4) is 0 Å². The highest BCUT2D eigenvalue weighted by Gasteiger charge is 2.66. The largest absolute Gasteiger partial charge is 0.516 e. The molecule has 1 amide bonds. The Bertz CT molecular complexity index is 1220. The van der Waals surface area contributed by atoms with E-state index in [1.165, 1.54) is 0 Å². The Morgan fingerprint density at radius 2 is 1.75 bits per heavy atom. The zero-order valence-electron chi connectivity index (χ0n) is 22.8. The second-order valence-electron chi connectivity index (χ2n) is 12.6. The van der Waals surface area contributed by atoms with Crippen LogP contribution in [0.1, 0.15) is 78.6 Å². The van der Waals surface area contributed by atoms with Gasteiger partial charge in [-0.25, -0.2) is 4.72 Å². The van der Waals surface area contributed by atoms with Gasteiger partial charge in [-0.3, -0.25) is 24.0 Å². The van der Waals surface area contributed by atoms with Gasteiger partial charge in [0, 0.05) is 43.4 Å². The lowest BCUT2D eigenvalue weighted by atomic mass is 9.44. The number of carbonyl (C=O) groups excluding carboxylic acids is 5. The molecule has 40 heavy (non-hydrogen) atoms. The summed E-state index contributed by atoms with van der Waals surface area (Å²) >= 11 is 0. The Kier molecular flexibility index (Phi) is 8.05. The molecule has 224 valence electrons. The molecule has 4 aliphatic rings. The van der Waals surface area contributed by atoms with Gasteiger partial charge < -0.3 is 4.74 Å². The summed E-state index contributed by atoms with van der Waals surface area (Å²) in [5.74, 6) is -2.71. The third-order valence-corrected chi connectivity index (χ3v) is 11.7. The number of nitrogens with one attached hydrogen (secondary N) is 1. The molecule has 0 radical (unpaired) electrons. The molecule has 0 heterocycles. The van der Waals surface area contributed by atoms with Gasteiger partial charge in [-0.05, 0) is 60.7 Å². The highest BCUT2D eigenvalue weighted by molar-refractivity contribution is 7.90. The fraction of sp³-hybridized carbons (Fsp3) is 0.815. The van der Waals surface area contributed by atoms with E-state index < -0.39 is 39.4 Å². The number of hydrogen-bond donors (Lipinski definition) is 1. The van der Waals surface area contributed by atoms with Gasteiger partial charge in [0.1, 0.15) is 17.3 Å². The van der Waals surface area contributed by atoms with Crippen LogP contribution in [0.2, 0.25) is 0 Å². The number of ether oxygens (including phenoxy) is 1. The van der Waals surface area contributed by atoms with Gasteiger partial charge in [-0.2, -0.15) is 21.6 Å². The van der Waals surface area contributed by atoms with E-state index in [0.29, 0.717) is 44.9 Å². The first-order valence-electron chi connectivity index (χ1n) is 13.8. The Morgan fingerprint density at radius 3 is 2.40 bits per heavy atom. The van der Waals surface area contributed by atoms with Crippen LogP contribution in [0, 0.1) is 46.3 Å². The van der Waals surface area contributed by atoms with E-state index in [9.17, 15) is 45.6 Å². The molecular weight excluding hydrogens is 555 g/mol. The number of esters is 1. The molecule has 0 aromatic rings. The molecule has 9 nitrogen and oxygen atoms in total. The Balaban J connectivity index is 1.37. The first-order chi connectivity index (χ1) is 18.4. The van der Waals surface area contributed by atoms with Crippen molar-refractivity contribution in [3.63, 3.8) is 0 Å². The Hall–Kier alpha value is -2.31. The van der Waals surface area contributed by atoms with Crippen LogP contribution in [0.15, 0.2) is 0 Å². The lowest BCUT2D eigenvalue weighted by molar-refractivity contribution is -0.166. The highest BCUT2D eigenvalue weighted by Crippen LogP contribution is 2.66. The predicted octanol–water partition coefficient (Wildman–Crippen LogP) is 3.50. The van der Waals surface area contributed by atoms with Gasteiger partial charge in [-0.1, -0.05) is 20.8 Å². The quantitative estimate of drug-likeness (QED) is 0.444. The molecular formula is C27H36F3NO8S. The Labute approximate surface area is 231 Å². The normalized spacial score (nSPS) is 36.8. The van der Waals surface area contributed by atoms with Gasteiger partial charge in [0.15, 0.2) is 6.61 Å². The number of Topliss-reactive ketones (excluding diaryl/α,β-unsaturated/α-hetero) is 3. The number of amides is 1. The average Bonchev–Trinajstić information content (AvgIpc) is 3.20. The fourth-order valence-electron chi connectivity index (χ4n) is 8.39. The molecule has 4 saturated carbocycles. The topological polar surface area (TPSA) is 141 Å². The van der Waals surface area contributed by atoms with E-state index in [4.69, 9.17) is 0 Å². The van der Waals surface area contributed by atoms with Crippen LogP contribution >= 0.6 is 0 Å². The van der Waals surface area contributed by atoms with Crippen LogP contribution in [0.25, 0.3) is 0 Å². The number of carbonyl (C=O) groups is 5. The minimum atomic E-state index is -5.89. The molecule has 0 aromatic carbocycles. The summed E-state index contributed by atoms with van der Waals surface area (Å²) in [5.41, 5.74) is -6.63. The third-order valence-electron chi connectivity index (χ3n) is 10.6. The number of rotatable bonds is 7. The van der Waals surface area contributed by atoms with Crippen LogP contribution in [0.3, 0.4) is 0 Å². The van der Waals surface area contributed by atoms with Crippen molar-refractivity contribution < 1.29 is 50.3 Å². The minimum absolute atomic E-state index is 0.0163. The second-order valence-corrected chi connectivity index (χ2v) is 14.3. The minimum Gasteiger partial charge on any atom is -0.456 e. The Morgan fingerprint density at radius 1 is 1.07 bits per heavy atom. The highest BCUT2D eigenvalue weighted by atomic mass is 32.2. The van der Waals surface area contributed by atoms with Crippen molar-refractivity contribution in [2.75, 3.05) is 6.61 Å². The molecule has 0 aliphatic heterocycles. The van der Waals surface area contributed by atoms with Crippen molar-refractivity contribution >= 4 is 39.2 Å². The number of halogens is 3. The molecule has 4 rings (SSSR count). The van der Waals surface area contributed by atoms with Crippen LogP contribution in [-0.4, -0.2) is 49.8 Å². The van der Waals surface area contributed by atoms with Gasteiger partial charge >= 0.3 is 21.5 Å². The van der Waals surface area contributed by atoms with Crippen molar-refractivity contribution in [2.45, 2.75) is 84.1 Å². The summed E-state index contributed by atoms with van der Waals surface area (Å²) in [5, 5.41) is 0. The molecule has 0 unspecified atom stereocenters. The summed E-state index contributed by atoms with van der Waals surface area (Å²) in [6.45, 7) is 4.80. The molecule has 8 atom stereocenters. The van der Waals surface area contributed by atoms with Gasteiger partial charge in [0.05, 0.1) is 0 Å². The standard InChI is InChI=1S/C27H36F3NO8S/c1-14(4-7-23(36)39-13-22(35)31-40(37,38)27(28,29)30)17-5-6-18-24-19(12-21(34)26(17,18)3)25(2)9-8-16(32)10-15(25)11-20(24)33/h14-15,17-19,24H,4-13H2,1-3H3,(H,31,35)/t14-,15+,17-,18+,19+,24+,25+,26-/m1/s1. The molecule has 4 fully saturated rings. The maximum Gasteiger partial charge on any atom is 0.516 e. The van der Waals surface area contributed by atoms with Crippen LogP contribution < -0.4 is 4.72 Å². The summed E-state index contributed by atoms with van der Waals surface area (Å²) in [6, 6.07) is 0. The summed E-state index contributed by atoms with van der Waals surface area (Å²) in [4.78, 5) is 63.1. The van der Waals surface area contributed by atoms with E-state index in [1.807, 2.05) is 13.8 Å². The molecule has 13 heteroatoms. The zero-order valence-corrected chi connectivity index (χ0v) is 23.7. The number of ketones is 3. The molecule has 0 aromatic heterocycles. The van der Waals surface area contributed by atoms with E-state index in [2.05, 4.69) is 11.7 Å². The first-order valence-corrected chi connectivity index (χ1v) is 15.3. The second kappa shape index (κ2) is 10.5. The molecule has 4 aliphatic carbocycles. The van der Waals surface area contributed by atoms with Crippen LogP contribution in [0.5, 0.6) is 0 Å². The molecule has 0 saturated heterocycles. The van der Waals surface area contributed by atoms with E-state index >= 15 is 0 Å². The monoisotopic (exact) mass is 591 g/mol. The predicted molar refractivity (Wildman–Crippen MR) is 133 cm³/mol. The summed E-state index contributed by atoms with van der Waals surface area (Å²) < 4.78 is 64.6. The lowest BCUT2D eigenvalue weighted by Crippen LogP contribution is -2.60. The van der Waals surface area contributed by atoms with Crippen LogP contribution in [-0.2, 0) is 38.7 Å². The van der Waals surface area contributed by atoms with E-state index in [1.54, 1.807) is 0 Å². The lowest BCUT2D eigenvalue weighted by Gasteiger charge is -2.58. The van der Waals surface area contributed by atoms with Crippen molar-refractivity contribution in [1.29, 1.82) is 0 Å². The van der Waals surface area contributed by atoms with E-state index in [0.717, 1.165) is 4.72 Å². The summed E-state index contributed by atoms with van der Waals surface area (Å²) in [6.07, 6.45) is 3.77. The number of sulfonamides is 1. The number of alkyl halides is 3. The smallest absolute Gasteiger partial charge is 0.456 e. The summed E-state index contributed by atoms with van der Waals surface area (Å²) in [7, 11) is -5.89. The van der Waals surface area contributed by atoms with Crippen LogP contribution in [0.4, 0.5) is 13.2 Å². The first kappa shape index (κ1) is 30.6. The van der Waals surface area contributed by atoms with Gasteiger partial charge in [-0.15, -0.1) is 0 Å². The molecule has 0 bridgehead atoms. The zero-order chi connectivity index (χ0) is 29.8. The van der Waals surface area contributed by atoms with Crippen molar-refractivity contribution in [2.24, 2.45) is 46.3 Å². The third kappa shape index (κ3) is 5.22. The van der Waals surface area contributed by atoms with Gasteiger partial charge in [0.25, 0.3) is 5.91 Å². The number of hydrogen-bond acceptors (Lipinski definition) is 8. The maximum absolute atomic E-state index is 13.8.